The first kappa shape index (κ1) is 18.7. The molecule has 144 valence electrons. The maximum absolute atomic E-state index is 12.9. The molecule has 2 aliphatic heterocycles. The standard InChI is InChI=1S/C20H25BrN4O2/c1-14(2)23-7-9-24(10-8-23)20(26)18-11-17-13-27-19(12-25(17)22-18)15-3-5-16(21)6-4-15/h3-6,11,14,19H,7-10,12-13H2,1-2H3/t19-/m1/s1. The van der Waals surface area contributed by atoms with Gasteiger partial charge in [-0.3, -0.25) is 14.4 Å². The van der Waals surface area contributed by atoms with E-state index in [1.165, 1.54) is 0 Å². The Kier molecular flexibility index (Phi) is 5.34. The highest BCUT2D eigenvalue weighted by Crippen LogP contribution is 2.27. The number of piperazine rings is 1. The van der Waals surface area contributed by atoms with E-state index >= 15 is 0 Å². The second-order valence-corrected chi connectivity index (χ2v) is 8.39. The fourth-order valence-electron chi connectivity index (χ4n) is 3.71. The Morgan fingerprint density at radius 1 is 1.19 bits per heavy atom. The van der Waals surface area contributed by atoms with Gasteiger partial charge in [0.1, 0.15) is 6.10 Å². The normalized spacial score (nSPS) is 20.7. The van der Waals surface area contributed by atoms with E-state index in [0.717, 1.165) is 41.9 Å². The number of carbonyl (C=O) groups excluding carboxylic acids is 1. The van der Waals surface area contributed by atoms with Gasteiger partial charge in [0.2, 0.25) is 0 Å². The van der Waals surface area contributed by atoms with E-state index in [9.17, 15) is 4.79 Å². The highest BCUT2D eigenvalue weighted by atomic mass is 79.9. The van der Waals surface area contributed by atoms with E-state index < -0.39 is 0 Å². The minimum Gasteiger partial charge on any atom is -0.365 e. The minimum atomic E-state index is -0.0389. The van der Waals surface area contributed by atoms with Crippen molar-refractivity contribution < 1.29 is 9.53 Å². The average Bonchev–Trinajstić information content (AvgIpc) is 3.11. The molecule has 3 heterocycles. The lowest BCUT2D eigenvalue weighted by Gasteiger charge is -2.36. The van der Waals surface area contributed by atoms with Crippen LogP contribution in [0.5, 0.6) is 0 Å². The number of benzene rings is 1. The van der Waals surface area contributed by atoms with Crippen molar-refractivity contribution in [2.75, 3.05) is 26.2 Å². The topological polar surface area (TPSA) is 50.6 Å². The fourth-order valence-corrected chi connectivity index (χ4v) is 3.98. The molecule has 1 aromatic heterocycles. The van der Waals surface area contributed by atoms with Crippen LogP contribution in [0.1, 0.15) is 41.7 Å². The van der Waals surface area contributed by atoms with Gasteiger partial charge >= 0.3 is 0 Å². The van der Waals surface area contributed by atoms with E-state index in [0.29, 0.717) is 24.9 Å². The van der Waals surface area contributed by atoms with Crippen LogP contribution in [0.3, 0.4) is 0 Å². The third-order valence-electron chi connectivity index (χ3n) is 5.43. The molecule has 1 fully saturated rings. The summed E-state index contributed by atoms with van der Waals surface area (Å²) in [5.74, 6) is 0.0282. The number of carbonyl (C=O) groups is 1. The number of amides is 1. The Morgan fingerprint density at radius 3 is 2.56 bits per heavy atom. The SMILES string of the molecule is CC(C)N1CCN(C(=O)c2cc3n(n2)C[C@H](c2ccc(Br)cc2)OC3)CC1. The van der Waals surface area contributed by atoms with Crippen LogP contribution in [-0.2, 0) is 17.9 Å². The second-order valence-electron chi connectivity index (χ2n) is 7.48. The quantitative estimate of drug-likeness (QED) is 0.747. The molecule has 1 saturated heterocycles. The number of rotatable bonds is 3. The Hall–Kier alpha value is -1.70. The zero-order valence-corrected chi connectivity index (χ0v) is 17.4. The lowest BCUT2D eigenvalue weighted by atomic mass is 10.1. The summed E-state index contributed by atoms with van der Waals surface area (Å²) in [6, 6.07) is 10.6. The molecule has 1 atom stereocenters. The highest BCUT2D eigenvalue weighted by Gasteiger charge is 2.28. The van der Waals surface area contributed by atoms with E-state index in [1.54, 1.807) is 0 Å². The van der Waals surface area contributed by atoms with E-state index in [4.69, 9.17) is 4.74 Å². The summed E-state index contributed by atoms with van der Waals surface area (Å²) in [5.41, 5.74) is 2.62. The highest BCUT2D eigenvalue weighted by molar-refractivity contribution is 9.10. The molecule has 0 radical (unpaired) electrons. The predicted molar refractivity (Wildman–Crippen MR) is 107 cm³/mol. The van der Waals surface area contributed by atoms with Crippen molar-refractivity contribution in [3.8, 4) is 0 Å². The van der Waals surface area contributed by atoms with Gasteiger partial charge in [0.15, 0.2) is 5.69 Å². The monoisotopic (exact) mass is 432 g/mol. The molecule has 1 amide bonds. The molecule has 2 aromatic rings. The van der Waals surface area contributed by atoms with Crippen LogP contribution in [0.2, 0.25) is 0 Å². The van der Waals surface area contributed by atoms with Gasteiger partial charge < -0.3 is 9.64 Å². The van der Waals surface area contributed by atoms with Gasteiger partial charge in [-0.2, -0.15) is 5.10 Å². The van der Waals surface area contributed by atoms with Gasteiger partial charge in [0, 0.05) is 36.7 Å². The van der Waals surface area contributed by atoms with Gasteiger partial charge in [-0.1, -0.05) is 28.1 Å². The van der Waals surface area contributed by atoms with Crippen LogP contribution in [0.25, 0.3) is 0 Å². The Balaban J connectivity index is 1.44. The van der Waals surface area contributed by atoms with E-state index in [-0.39, 0.29) is 12.0 Å². The summed E-state index contributed by atoms with van der Waals surface area (Å²) in [4.78, 5) is 17.2. The summed E-state index contributed by atoms with van der Waals surface area (Å²) >= 11 is 3.46. The van der Waals surface area contributed by atoms with Crippen molar-refractivity contribution >= 4 is 21.8 Å². The van der Waals surface area contributed by atoms with Crippen molar-refractivity contribution in [1.29, 1.82) is 0 Å². The zero-order chi connectivity index (χ0) is 19.0. The molecule has 0 aliphatic carbocycles. The molecule has 0 spiro atoms. The molecule has 1 aromatic carbocycles. The molecule has 6 nitrogen and oxygen atoms in total. The van der Waals surface area contributed by atoms with Gasteiger partial charge in [-0.05, 0) is 37.6 Å². The number of hydrogen-bond donors (Lipinski definition) is 0. The summed E-state index contributed by atoms with van der Waals surface area (Å²) in [7, 11) is 0. The first-order valence-electron chi connectivity index (χ1n) is 9.48. The molecular formula is C20H25BrN4O2. The first-order valence-corrected chi connectivity index (χ1v) is 10.3. The maximum Gasteiger partial charge on any atom is 0.274 e. The van der Waals surface area contributed by atoms with Gasteiger partial charge in [-0.15, -0.1) is 0 Å². The van der Waals surface area contributed by atoms with Crippen LogP contribution in [0.15, 0.2) is 34.8 Å². The predicted octanol–water partition coefficient (Wildman–Crippen LogP) is 3.08. The third-order valence-corrected chi connectivity index (χ3v) is 5.96. The fraction of sp³-hybridized carbons (Fsp3) is 0.500. The number of nitrogens with zero attached hydrogens (tertiary/aromatic N) is 4. The van der Waals surface area contributed by atoms with Crippen LogP contribution < -0.4 is 0 Å². The number of halogens is 1. The average molecular weight is 433 g/mol. The summed E-state index contributed by atoms with van der Waals surface area (Å²) in [5, 5.41) is 4.60. The van der Waals surface area contributed by atoms with E-state index in [2.05, 4.69) is 51.9 Å². The van der Waals surface area contributed by atoms with Crippen LogP contribution in [0.4, 0.5) is 0 Å². The smallest absolute Gasteiger partial charge is 0.274 e. The van der Waals surface area contributed by atoms with Crippen LogP contribution >= 0.6 is 15.9 Å². The van der Waals surface area contributed by atoms with Crippen molar-refractivity contribution in [3.05, 3.63) is 51.8 Å². The minimum absolute atomic E-state index is 0.0282. The largest absolute Gasteiger partial charge is 0.365 e. The molecule has 0 bridgehead atoms. The van der Waals surface area contributed by atoms with Crippen LogP contribution in [-0.4, -0.2) is 57.7 Å². The molecule has 0 N–H and O–H groups in total. The van der Waals surface area contributed by atoms with Gasteiger partial charge in [-0.25, -0.2) is 0 Å². The van der Waals surface area contributed by atoms with Gasteiger partial charge in [0.05, 0.1) is 18.8 Å². The molecule has 2 aliphatic rings. The summed E-state index contributed by atoms with van der Waals surface area (Å²) in [6.07, 6.45) is -0.0389. The molecule has 4 rings (SSSR count). The van der Waals surface area contributed by atoms with Crippen molar-refractivity contribution in [2.24, 2.45) is 0 Å². The number of fused-ring (bicyclic) bond motifs is 1. The molecule has 7 heteroatoms. The third kappa shape index (κ3) is 3.95. The number of aromatic nitrogens is 2. The molecular weight excluding hydrogens is 408 g/mol. The molecule has 0 unspecified atom stereocenters. The number of ether oxygens (including phenoxy) is 1. The Morgan fingerprint density at radius 2 is 1.89 bits per heavy atom. The summed E-state index contributed by atoms with van der Waals surface area (Å²) < 4.78 is 8.97. The van der Waals surface area contributed by atoms with Crippen molar-refractivity contribution in [2.45, 2.75) is 39.1 Å². The lowest BCUT2D eigenvalue weighted by Crippen LogP contribution is -2.50. The Bertz CT molecular complexity index is 810. The maximum atomic E-state index is 12.9. The van der Waals surface area contributed by atoms with Crippen molar-refractivity contribution in [3.63, 3.8) is 0 Å². The van der Waals surface area contributed by atoms with Crippen LogP contribution in [0, 0.1) is 0 Å². The second kappa shape index (κ2) is 7.73. The lowest BCUT2D eigenvalue weighted by molar-refractivity contribution is -0.00123. The first-order chi connectivity index (χ1) is 13.0. The molecule has 27 heavy (non-hydrogen) atoms. The number of hydrogen-bond acceptors (Lipinski definition) is 4. The Labute approximate surface area is 168 Å². The summed E-state index contributed by atoms with van der Waals surface area (Å²) in [6.45, 7) is 8.87. The van der Waals surface area contributed by atoms with Crippen molar-refractivity contribution in [1.82, 2.24) is 19.6 Å². The van der Waals surface area contributed by atoms with Gasteiger partial charge in [0.25, 0.3) is 5.91 Å². The molecule has 0 saturated carbocycles. The van der Waals surface area contributed by atoms with E-state index in [1.807, 2.05) is 27.8 Å². The zero-order valence-electron chi connectivity index (χ0n) is 15.8.